The Kier molecular flexibility index (Phi) is 4.68. The van der Waals surface area contributed by atoms with Crippen LogP contribution >= 0.6 is 11.8 Å². The fourth-order valence-electron chi connectivity index (χ4n) is 1.43. The van der Waals surface area contributed by atoms with Gasteiger partial charge in [-0.15, -0.1) is 10.2 Å². The summed E-state index contributed by atoms with van der Waals surface area (Å²) in [6.07, 6.45) is 1.49. The molecule has 0 saturated carbocycles. The zero-order valence-corrected chi connectivity index (χ0v) is 11.9. The number of nitrogens with two attached hydrogens (primary N) is 1. The summed E-state index contributed by atoms with van der Waals surface area (Å²) < 4.78 is 7.06. The minimum Gasteiger partial charge on any atom is -0.493 e. The molecule has 0 aliphatic carbocycles. The predicted molar refractivity (Wildman–Crippen MR) is 76.5 cm³/mol. The molecule has 19 heavy (non-hydrogen) atoms. The van der Waals surface area contributed by atoms with Crippen molar-refractivity contribution in [1.82, 2.24) is 14.9 Å². The number of hydrogen-bond acceptors (Lipinski definition) is 5. The number of hydrogen-bond donors (Lipinski definition) is 1. The second-order valence-electron chi connectivity index (χ2n) is 4.66. The number of thioether (sulfide) groups is 1. The fourth-order valence-corrected chi connectivity index (χ4v) is 2.22. The number of rotatable bonds is 6. The van der Waals surface area contributed by atoms with E-state index < -0.39 is 0 Å². The molecule has 1 heterocycles. The molecule has 6 heteroatoms. The molecule has 1 aromatic heterocycles. The van der Waals surface area contributed by atoms with E-state index in [9.17, 15) is 0 Å². The summed E-state index contributed by atoms with van der Waals surface area (Å²) in [6.45, 7) is 5.01. The summed E-state index contributed by atoms with van der Waals surface area (Å²) in [6, 6.07) is 8.09. The average Bonchev–Trinajstić information content (AvgIpc) is 2.81. The second-order valence-corrected chi connectivity index (χ2v) is 5.60. The SMILES string of the molecule is CC(C)COc1ccc(CSc2nncn2N)cc1. The van der Waals surface area contributed by atoms with Gasteiger partial charge in [-0.05, 0) is 23.6 Å². The van der Waals surface area contributed by atoms with E-state index in [2.05, 4.69) is 36.2 Å². The van der Waals surface area contributed by atoms with Crippen LogP contribution in [0.25, 0.3) is 0 Å². The molecule has 0 bridgehead atoms. The first kappa shape index (κ1) is 13.7. The van der Waals surface area contributed by atoms with Crippen LogP contribution in [0.15, 0.2) is 35.7 Å². The van der Waals surface area contributed by atoms with Gasteiger partial charge in [0.2, 0.25) is 5.16 Å². The number of nitrogens with zero attached hydrogens (tertiary/aromatic N) is 3. The van der Waals surface area contributed by atoms with E-state index in [-0.39, 0.29) is 0 Å². The number of ether oxygens (including phenoxy) is 1. The lowest BCUT2D eigenvalue weighted by molar-refractivity contribution is 0.271. The van der Waals surface area contributed by atoms with Crippen molar-refractivity contribution in [1.29, 1.82) is 0 Å². The van der Waals surface area contributed by atoms with Crippen LogP contribution < -0.4 is 10.6 Å². The number of benzene rings is 1. The molecule has 2 N–H and O–H groups in total. The van der Waals surface area contributed by atoms with Crippen molar-refractivity contribution >= 4 is 11.8 Å². The lowest BCUT2D eigenvalue weighted by Crippen LogP contribution is -2.07. The highest BCUT2D eigenvalue weighted by Crippen LogP contribution is 2.21. The Morgan fingerprint density at radius 3 is 2.63 bits per heavy atom. The topological polar surface area (TPSA) is 66.0 Å². The van der Waals surface area contributed by atoms with E-state index in [0.29, 0.717) is 11.1 Å². The molecule has 0 aliphatic heterocycles. The van der Waals surface area contributed by atoms with E-state index in [1.54, 1.807) is 11.8 Å². The molecular formula is C13H18N4OS. The third-order valence-corrected chi connectivity index (χ3v) is 3.44. The maximum atomic E-state index is 5.65. The van der Waals surface area contributed by atoms with Crippen LogP contribution in [0, 0.1) is 5.92 Å². The van der Waals surface area contributed by atoms with Gasteiger partial charge in [-0.25, -0.2) is 4.68 Å². The summed E-state index contributed by atoms with van der Waals surface area (Å²) in [7, 11) is 0. The molecule has 5 nitrogen and oxygen atoms in total. The standard InChI is InChI=1S/C13H18N4OS/c1-10(2)7-18-12-5-3-11(4-6-12)8-19-13-16-15-9-17(13)14/h3-6,9-10H,7-8,14H2,1-2H3. The van der Waals surface area contributed by atoms with Gasteiger partial charge in [-0.3, -0.25) is 0 Å². The van der Waals surface area contributed by atoms with Gasteiger partial charge >= 0.3 is 0 Å². The van der Waals surface area contributed by atoms with Crippen LogP contribution in [0.1, 0.15) is 19.4 Å². The van der Waals surface area contributed by atoms with Crippen LogP contribution in [0.3, 0.4) is 0 Å². The molecule has 2 aromatic rings. The minimum absolute atomic E-state index is 0.533. The number of aromatic nitrogens is 3. The van der Waals surface area contributed by atoms with Crippen LogP contribution in [-0.2, 0) is 5.75 Å². The molecule has 0 radical (unpaired) electrons. The van der Waals surface area contributed by atoms with E-state index in [4.69, 9.17) is 10.6 Å². The Balaban J connectivity index is 1.86. The molecule has 102 valence electrons. The first-order valence-corrected chi connectivity index (χ1v) is 7.13. The Hall–Kier alpha value is -1.69. The van der Waals surface area contributed by atoms with Crippen LogP contribution in [-0.4, -0.2) is 21.5 Å². The molecule has 0 atom stereocenters. The first-order valence-electron chi connectivity index (χ1n) is 6.15. The van der Waals surface area contributed by atoms with Gasteiger partial charge < -0.3 is 10.6 Å². The van der Waals surface area contributed by atoms with Crippen molar-refractivity contribution in [3.05, 3.63) is 36.2 Å². The molecule has 0 aliphatic rings. The van der Waals surface area contributed by atoms with Crippen molar-refractivity contribution in [3.63, 3.8) is 0 Å². The van der Waals surface area contributed by atoms with Gasteiger partial charge in [0.1, 0.15) is 12.1 Å². The fraction of sp³-hybridized carbons (Fsp3) is 0.385. The quantitative estimate of drug-likeness (QED) is 0.649. The summed E-state index contributed by atoms with van der Waals surface area (Å²) >= 11 is 1.55. The van der Waals surface area contributed by atoms with Crippen LogP contribution in [0.4, 0.5) is 0 Å². The summed E-state index contributed by atoms with van der Waals surface area (Å²) in [5.74, 6) is 7.89. The third kappa shape index (κ3) is 4.17. The predicted octanol–water partition coefficient (Wildman–Crippen LogP) is 2.32. The van der Waals surface area contributed by atoms with Gasteiger partial charge in [0.15, 0.2) is 0 Å². The van der Waals surface area contributed by atoms with Crippen molar-refractivity contribution in [2.45, 2.75) is 24.8 Å². The van der Waals surface area contributed by atoms with E-state index in [1.165, 1.54) is 16.6 Å². The summed E-state index contributed by atoms with van der Waals surface area (Å²) in [5.41, 5.74) is 1.20. The summed E-state index contributed by atoms with van der Waals surface area (Å²) in [5, 5.41) is 8.37. The molecule has 0 fully saturated rings. The Bertz CT molecular complexity index is 510. The Morgan fingerprint density at radius 1 is 1.32 bits per heavy atom. The van der Waals surface area contributed by atoms with Crippen molar-refractivity contribution in [3.8, 4) is 5.75 Å². The monoisotopic (exact) mass is 278 g/mol. The Morgan fingerprint density at radius 2 is 2.05 bits per heavy atom. The highest BCUT2D eigenvalue weighted by Gasteiger charge is 2.03. The van der Waals surface area contributed by atoms with Gasteiger partial charge in [-0.2, -0.15) is 0 Å². The highest BCUT2D eigenvalue weighted by atomic mass is 32.2. The van der Waals surface area contributed by atoms with Crippen molar-refractivity contribution in [2.24, 2.45) is 5.92 Å². The number of nitrogen functional groups attached to an aromatic ring is 1. The van der Waals surface area contributed by atoms with E-state index in [0.717, 1.165) is 18.1 Å². The smallest absolute Gasteiger partial charge is 0.209 e. The maximum absolute atomic E-state index is 5.65. The van der Waals surface area contributed by atoms with Crippen molar-refractivity contribution < 1.29 is 4.74 Å². The van der Waals surface area contributed by atoms with Gasteiger partial charge in [0.25, 0.3) is 0 Å². The molecule has 0 unspecified atom stereocenters. The molecular weight excluding hydrogens is 260 g/mol. The lowest BCUT2D eigenvalue weighted by atomic mass is 10.2. The minimum atomic E-state index is 0.533. The molecule has 0 spiro atoms. The molecule has 0 amide bonds. The van der Waals surface area contributed by atoms with Gasteiger partial charge in [-0.1, -0.05) is 37.7 Å². The summed E-state index contributed by atoms with van der Waals surface area (Å²) in [4.78, 5) is 0. The van der Waals surface area contributed by atoms with E-state index in [1.807, 2.05) is 12.1 Å². The van der Waals surface area contributed by atoms with Gasteiger partial charge in [0, 0.05) is 5.75 Å². The van der Waals surface area contributed by atoms with Crippen LogP contribution in [0.5, 0.6) is 5.75 Å². The third-order valence-electron chi connectivity index (χ3n) is 2.41. The van der Waals surface area contributed by atoms with Crippen LogP contribution in [0.2, 0.25) is 0 Å². The lowest BCUT2D eigenvalue weighted by Gasteiger charge is -2.09. The van der Waals surface area contributed by atoms with Crippen molar-refractivity contribution in [2.75, 3.05) is 12.4 Å². The molecule has 2 rings (SSSR count). The Labute approximate surface area is 117 Å². The first-order chi connectivity index (χ1) is 9.15. The largest absolute Gasteiger partial charge is 0.493 e. The van der Waals surface area contributed by atoms with E-state index >= 15 is 0 Å². The zero-order valence-electron chi connectivity index (χ0n) is 11.1. The highest BCUT2D eigenvalue weighted by molar-refractivity contribution is 7.98. The molecule has 0 saturated heterocycles. The zero-order chi connectivity index (χ0) is 13.7. The molecule has 1 aromatic carbocycles. The van der Waals surface area contributed by atoms with Gasteiger partial charge in [0.05, 0.1) is 6.61 Å². The average molecular weight is 278 g/mol. The second kappa shape index (κ2) is 6.47. The maximum Gasteiger partial charge on any atom is 0.209 e. The normalized spacial score (nSPS) is 10.9.